The lowest BCUT2D eigenvalue weighted by Crippen LogP contribution is -2.47. The van der Waals surface area contributed by atoms with E-state index < -0.39 is 0 Å². The summed E-state index contributed by atoms with van der Waals surface area (Å²) in [5.74, 6) is 0.216. The molecule has 2 aliphatic rings. The van der Waals surface area contributed by atoms with Crippen LogP contribution in [0.1, 0.15) is 54.6 Å². The summed E-state index contributed by atoms with van der Waals surface area (Å²) >= 11 is 0. The fourth-order valence-corrected chi connectivity index (χ4v) is 5.64. The van der Waals surface area contributed by atoms with Gasteiger partial charge in [-0.25, -0.2) is 9.07 Å². The average Bonchev–Trinajstić information content (AvgIpc) is 3.56. The Bertz CT molecular complexity index is 1130. The number of hydrogen-bond donors (Lipinski definition) is 1. The van der Waals surface area contributed by atoms with E-state index in [2.05, 4.69) is 20.2 Å². The van der Waals surface area contributed by atoms with Crippen LogP contribution in [-0.4, -0.2) is 75.4 Å². The van der Waals surface area contributed by atoms with Crippen LogP contribution < -0.4 is 5.32 Å². The standard InChI is InChI=1S/C28H37FN6O/c1-22-26(28(34-18-5-6-19-34)35(31-22)25-10-8-23(29)9-11-25)27(36)30-14-7-15-32-20-12-24(13-21-32)33-16-3-2-4-17-33/h5-6,8-11,18-19,24H,2-4,7,12-17,20-21H2,1H3,(H,30,36). The van der Waals surface area contributed by atoms with E-state index >= 15 is 0 Å². The normalized spacial score (nSPS) is 17.9. The van der Waals surface area contributed by atoms with Crippen LogP contribution in [0.3, 0.4) is 0 Å². The summed E-state index contributed by atoms with van der Waals surface area (Å²) in [6, 6.07) is 10.7. The Morgan fingerprint density at radius 3 is 2.42 bits per heavy atom. The first-order valence-corrected chi connectivity index (χ1v) is 13.3. The van der Waals surface area contributed by atoms with Gasteiger partial charge in [0.05, 0.1) is 11.4 Å². The van der Waals surface area contributed by atoms with Crippen molar-refractivity contribution in [2.24, 2.45) is 0 Å². The lowest BCUT2D eigenvalue weighted by Gasteiger charge is -2.40. The molecule has 2 aromatic heterocycles. The summed E-state index contributed by atoms with van der Waals surface area (Å²) in [5.41, 5.74) is 1.88. The number of aromatic nitrogens is 3. The predicted octanol–water partition coefficient (Wildman–Crippen LogP) is 4.18. The summed E-state index contributed by atoms with van der Waals surface area (Å²) in [5, 5.41) is 7.75. The molecule has 36 heavy (non-hydrogen) atoms. The molecule has 0 aliphatic carbocycles. The Labute approximate surface area is 212 Å². The molecule has 5 rings (SSSR count). The van der Waals surface area contributed by atoms with Crippen molar-refractivity contribution in [3.05, 3.63) is 65.9 Å². The average molecular weight is 493 g/mol. The first-order valence-electron chi connectivity index (χ1n) is 13.3. The molecular weight excluding hydrogens is 455 g/mol. The molecule has 3 aromatic rings. The Morgan fingerprint density at radius 2 is 1.72 bits per heavy atom. The van der Waals surface area contributed by atoms with Crippen molar-refractivity contribution in [1.29, 1.82) is 0 Å². The summed E-state index contributed by atoms with van der Waals surface area (Å²) in [4.78, 5) is 18.5. The molecule has 0 atom stereocenters. The smallest absolute Gasteiger partial charge is 0.256 e. The molecule has 8 heteroatoms. The van der Waals surface area contributed by atoms with Crippen molar-refractivity contribution >= 4 is 5.91 Å². The Hall–Kier alpha value is -2.97. The van der Waals surface area contributed by atoms with Gasteiger partial charge in [0.25, 0.3) is 5.91 Å². The Balaban J connectivity index is 1.18. The number of rotatable bonds is 8. The summed E-state index contributed by atoms with van der Waals surface area (Å²) < 4.78 is 17.1. The summed E-state index contributed by atoms with van der Waals surface area (Å²) in [6.45, 7) is 8.32. The number of carbonyl (C=O) groups excluding carboxylic acids is 1. The maximum Gasteiger partial charge on any atom is 0.256 e. The zero-order chi connectivity index (χ0) is 24.9. The first kappa shape index (κ1) is 24.7. The van der Waals surface area contributed by atoms with Crippen molar-refractivity contribution in [2.75, 3.05) is 39.3 Å². The quantitative estimate of drug-likeness (QED) is 0.480. The fraction of sp³-hybridized carbons (Fsp3) is 0.500. The molecule has 7 nitrogen and oxygen atoms in total. The molecule has 2 saturated heterocycles. The van der Waals surface area contributed by atoms with Crippen LogP contribution >= 0.6 is 0 Å². The van der Waals surface area contributed by atoms with Crippen LogP contribution in [0.2, 0.25) is 0 Å². The number of likely N-dealkylation sites (tertiary alicyclic amines) is 2. The maximum absolute atomic E-state index is 13.5. The van der Waals surface area contributed by atoms with Gasteiger partial charge in [0.2, 0.25) is 0 Å². The van der Waals surface area contributed by atoms with E-state index in [4.69, 9.17) is 0 Å². The van der Waals surface area contributed by atoms with Crippen LogP contribution in [0.15, 0.2) is 48.8 Å². The van der Waals surface area contributed by atoms with E-state index in [1.807, 2.05) is 36.0 Å². The second-order valence-corrected chi connectivity index (χ2v) is 10.0. The van der Waals surface area contributed by atoms with Crippen LogP contribution in [-0.2, 0) is 0 Å². The molecule has 1 aromatic carbocycles. The largest absolute Gasteiger partial charge is 0.352 e. The molecule has 0 spiro atoms. The highest BCUT2D eigenvalue weighted by atomic mass is 19.1. The lowest BCUT2D eigenvalue weighted by molar-refractivity contribution is 0.0902. The van der Waals surface area contributed by atoms with Crippen molar-refractivity contribution in [1.82, 2.24) is 29.5 Å². The number of aryl methyl sites for hydroxylation is 1. The lowest BCUT2D eigenvalue weighted by atomic mass is 10.00. The monoisotopic (exact) mass is 492 g/mol. The van der Waals surface area contributed by atoms with Gasteiger partial charge >= 0.3 is 0 Å². The van der Waals surface area contributed by atoms with Gasteiger partial charge in [-0.15, -0.1) is 0 Å². The maximum atomic E-state index is 13.5. The minimum Gasteiger partial charge on any atom is -0.352 e. The van der Waals surface area contributed by atoms with Gasteiger partial charge in [0.1, 0.15) is 11.4 Å². The molecule has 2 aliphatic heterocycles. The number of carbonyl (C=O) groups is 1. The number of benzene rings is 1. The molecule has 4 heterocycles. The number of hydrogen-bond acceptors (Lipinski definition) is 4. The highest BCUT2D eigenvalue weighted by Gasteiger charge is 2.26. The van der Waals surface area contributed by atoms with Crippen LogP contribution in [0.5, 0.6) is 0 Å². The molecule has 1 amide bonds. The van der Waals surface area contributed by atoms with Crippen LogP contribution in [0.4, 0.5) is 4.39 Å². The Kier molecular flexibility index (Phi) is 7.82. The molecule has 0 bridgehead atoms. The van der Waals surface area contributed by atoms with E-state index in [0.29, 0.717) is 29.3 Å². The molecular formula is C28H37FN6O. The van der Waals surface area contributed by atoms with Gasteiger partial charge in [-0.05, 0) is 108 Å². The van der Waals surface area contributed by atoms with Crippen LogP contribution in [0.25, 0.3) is 11.5 Å². The zero-order valence-corrected chi connectivity index (χ0v) is 21.2. The van der Waals surface area contributed by atoms with Gasteiger partial charge in [-0.2, -0.15) is 5.10 Å². The molecule has 0 saturated carbocycles. The first-order chi connectivity index (χ1) is 17.6. The second kappa shape index (κ2) is 11.4. The third kappa shape index (κ3) is 5.55. The zero-order valence-electron chi connectivity index (χ0n) is 21.2. The van der Waals surface area contributed by atoms with Crippen molar-refractivity contribution in [3.63, 3.8) is 0 Å². The highest BCUT2D eigenvalue weighted by Crippen LogP contribution is 2.24. The summed E-state index contributed by atoms with van der Waals surface area (Å²) in [7, 11) is 0. The fourth-order valence-electron chi connectivity index (χ4n) is 5.64. The van der Waals surface area contributed by atoms with Crippen molar-refractivity contribution < 1.29 is 9.18 Å². The minimum atomic E-state index is -0.307. The molecule has 1 N–H and O–H groups in total. The Morgan fingerprint density at radius 1 is 1.03 bits per heavy atom. The topological polar surface area (TPSA) is 58.3 Å². The predicted molar refractivity (Wildman–Crippen MR) is 139 cm³/mol. The SMILES string of the molecule is Cc1nn(-c2ccc(F)cc2)c(-n2cccc2)c1C(=O)NCCCN1CCC(N2CCCCC2)CC1. The van der Waals surface area contributed by atoms with E-state index in [1.165, 1.54) is 57.3 Å². The van der Waals surface area contributed by atoms with Crippen molar-refractivity contribution in [2.45, 2.75) is 51.5 Å². The van der Waals surface area contributed by atoms with E-state index in [1.54, 1.807) is 16.8 Å². The number of amides is 1. The molecule has 0 radical (unpaired) electrons. The van der Waals surface area contributed by atoms with Gasteiger partial charge in [-0.3, -0.25) is 4.79 Å². The highest BCUT2D eigenvalue weighted by molar-refractivity contribution is 5.98. The number of nitrogens with one attached hydrogen (secondary N) is 1. The number of nitrogens with zero attached hydrogens (tertiary/aromatic N) is 5. The van der Waals surface area contributed by atoms with Gasteiger partial charge in [0, 0.05) is 25.0 Å². The summed E-state index contributed by atoms with van der Waals surface area (Å²) in [6.07, 6.45) is 11.3. The van der Waals surface area contributed by atoms with Gasteiger partial charge in [-0.1, -0.05) is 6.42 Å². The van der Waals surface area contributed by atoms with E-state index in [-0.39, 0.29) is 11.7 Å². The third-order valence-corrected chi connectivity index (χ3v) is 7.58. The van der Waals surface area contributed by atoms with E-state index in [9.17, 15) is 9.18 Å². The minimum absolute atomic E-state index is 0.131. The van der Waals surface area contributed by atoms with Crippen LogP contribution in [0, 0.1) is 12.7 Å². The van der Waals surface area contributed by atoms with Gasteiger partial charge in [0.15, 0.2) is 5.82 Å². The molecule has 0 unspecified atom stereocenters. The number of piperidine rings is 2. The number of halogens is 1. The second-order valence-electron chi connectivity index (χ2n) is 10.0. The van der Waals surface area contributed by atoms with E-state index in [0.717, 1.165) is 32.1 Å². The third-order valence-electron chi connectivity index (χ3n) is 7.58. The van der Waals surface area contributed by atoms with Gasteiger partial charge < -0.3 is 19.7 Å². The van der Waals surface area contributed by atoms with Crippen molar-refractivity contribution in [3.8, 4) is 11.5 Å². The molecule has 2 fully saturated rings. The molecule has 192 valence electrons.